The van der Waals surface area contributed by atoms with Gasteiger partial charge in [0.2, 0.25) is 5.91 Å². The van der Waals surface area contributed by atoms with Crippen molar-refractivity contribution >= 4 is 5.91 Å². The third-order valence-electron chi connectivity index (χ3n) is 9.48. The summed E-state index contributed by atoms with van der Waals surface area (Å²) in [7, 11) is 0. The summed E-state index contributed by atoms with van der Waals surface area (Å²) in [6.07, 6.45) is 44.5. The van der Waals surface area contributed by atoms with Crippen LogP contribution >= 0.6 is 0 Å². The van der Waals surface area contributed by atoms with E-state index in [1.165, 1.54) is 148 Å². The first kappa shape index (κ1) is 45.8. The zero-order chi connectivity index (χ0) is 34.5. The first-order valence-electron chi connectivity index (χ1n) is 20.6. The third kappa shape index (κ3) is 34.5. The van der Waals surface area contributed by atoms with Crippen LogP contribution in [-0.2, 0) is 4.79 Å². The number of rotatable bonds is 37. The van der Waals surface area contributed by atoms with E-state index in [2.05, 4.69) is 31.3 Å². The van der Waals surface area contributed by atoms with Crippen LogP contribution in [0.25, 0.3) is 0 Å². The van der Waals surface area contributed by atoms with Crippen molar-refractivity contribution in [1.82, 2.24) is 5.32 Å². The summed E-state index contributed by atoms with van der Waals surface area (Å²) in [5.41, 5.74) is 0. The van der Waals surface area contributed by atoms with Crippen molar-refractivity contribution in [2.24, 2.45) is 0 Å². The van der Waals surface area contributed by atoms with Crippen LogP contribution in [0.5, 0.6) is 0 Å². The molecule has 0 spiro atoms. The molecule has 0 saturated carbocycles. The molecule has 0 aromatic rings. The van der Waals surface area contributed by atoms with Crippen molar-refractivity contribution in [2.75, 3.05) is 6.61 Å². The molecule has 47 heavy (non-hydrogen) atoms. The van der Waals surface area contributed by atoms with Crippen LogP contribution in [0.2, 0.25) is 0 Å². The molecule has 1 amide bonds. The number of allylic oxidation sites excluding steroid dienone is 3. The van der Waals surface area contributed by atoms with Crippen LogP contribution in [0.1, 0.15) is 213 Å². The minimum Gasteiger partial charge on any atom is -0.394 e. The minimum atomic E-state index is -0.930. The van der Waals surface area contributed by atoms with Gasteiger partial charge in [0.25, 0.3) is 0 Å². The van der Waals surface area contributed by atoms with Gasteiger partial charge in [-0.3, -0.25) is 4.79 Å². The van der Waals surface area contributed by atoms with E-state index in [1.807, 2.05) is 6.08 Å². The van der Waals surface area contributed by atoms with E-state index in [0.717, 1.165) is 38.5 Å². The predicted molar refractivity (Wildman–Crippen MR) is 204 cm³/mol. The third-order valence-corrected chi connectivity index (χ3v) is 9.48. The lowest BCUT2D eigenvalue weighted by atomic mass is 10.0. The van der Waals surface area contributed by atoms with E-state index in [9.17, 15) is 20.1 Å². The second-order valence-corrected chi connectivity index (χ2v) is 14.2. The Bertz CT molecular complexity index is 694. The van der Waals surface area contributed by atoms with Crippen LogP contribution in [0.3, 0.4) is 0 Å². The first-order valence-corrected chi connectivity index (χ1v) is 20.6. The maximum atomic E-state index is 12.4. The topological polar surface area (TPSA) is 89.8 Å². The molecule has 5 nitrogen and oxygen atoms in total. The lowest BCUT2D eigenvalue weighted by molar-refractivity contribution is -0.124. The maximum Gasteiger partial charge on any atom is 0.222 e. The van der Waals surface area contributed by atoms with Crippen LogP contribution in [0.4, 0.5) is 0 Å². The average molecular weight is 664 g/mol. The summed E-state index contributed by atoms with van der Waals surface area (Å²) in [6.45, 7) is 4.21. The zero-order valence-electron chi connectivity index (χ0n) is 31.4. The minimum absolute atomic E-state index is 0.00459. The van der Waals surface area contributed by atoms with Crippen LogP contribution in [-0.4, -0.2) is 46.1 Å². The van der Waals surface area contributed by atoms with Gasteiger partial charge in [0.15, 0.2) is 0 Å². The van der Waals surface area contributed by atoms with Gasteiger partial charge < -0.3 is 20.6 Å². The van der Waals surface area contributed by atoms with Gasteiger partial charge in [-0.25, -0.2) is 0 Å². The molecule has 278 valence electrons. The average Bonchev–Trinajstić information content (AvgIpc) is 3.06. The van der Waals surface area contributed by atoms with Gasteiger partial charge >= 0.3 is 0 Å². The molecule has 0 fully saturated rings. The van der Waals surface area contributed by atoms with Crippen molar-refractivity contribution in [3.63, 3.8) is 0 Å². The molecule has 0 aliphatic heterocycles. The van der Waals surface area contributed by atoms with Crippen LogP contribution in [0, 0.1) is 0 Å². The molecule has 0 aromatic carbocycles. The molecule has 5 heteroatoms. The number of carbonyl (C=O) groups excluding carboxylic acids is 1. The highest BCUT2D eigenvalue weighted by Gasteiger charge is 2.20. The fraction of sp³-hybridized carbons (Fsp3) is 0.881. The molecule has 0 heterocycles. The van der Waals surface area contributed by atoms with E-state index in [4.69, 9.17) is 0 Å². The van der Waals surface area contributed by atoms with Gasteiger partial charge in [-0.1, -0.05) is 186 Å². The van der Waals surface area contributed by atoms with Gasteiger partial charge in [-0.2, -0.15) is 0 Å². The maximum absolute atomic E-state index is 12.4. The lowest BCUT2D eigenvalue weighted by Crippen LogP contribution is -2.45. The largest absolute Gasteiger partial charge is 0.394 e. The van der Waals surface area contributed by atoms with Crippen molar-refractivity contribution < 1.29 is 20.1 Å². The molecule has 3 atom stereocenters. The van der Waals surface area contributed by atoms with E-state index < -0.39 is 18.2 Å². The van der Waals surface area contributed by atoms with Crippen molar-refractivity contribution in [2.45, 2.75) is 231 Å². The Balaban J connectivity index is 3.71. The Labute approximate surface area is 292 Å². The van der Waals surface area contributed by atoms with E-state index in [-0.39, 0.29) is 18.9 Å². The summed E-state index contributed by atoms with van der Waals surface area (Å²) in [5, 5.41) is 33.1. The highest BCUT2D eigenvalue weighted by Crippen LogP contribution is 2.15. The van der Waals surface area contributed by atoms with Crippen molar-refractivity contribution in [3.05, 3.63) is 24.3 Å². The number of nitrogens with one attached hydrogen (secondary N) is 1. The summed E-state index contributed by atoms with van der Waals surface area (Å²) in [4.78, 5) is 12.4. The molecular weight excluding hydrogens is 582 g/mol. The normalized spacial score (nSPS) is 13.9. The number of unbranched alkanes of at least 4 members (excludes halogenated alkanes) is 26. The van der Waals surface area contributed by atoms with E-state index in [0.29, 0.717) is 6.42 Å². The van der Waals surface area contributed by atoms with Gasteiger partial charge in [0.1, 0.15) is 0 Å². The second-order valence-electron chi connectivity index (χ2n) is 14.2. The smallest absolute Gasteiger partial charge is 0.222 e. The Morgan fingerprint density at radius 3 is 1.30 bits per heavy atom. The van der Waals surface area contributed by atoms with Gasteiger partial charge in [0, 0.05) is 0 Å². The SMILES string of the molecule is CCCCCCCCCCC/C=C\CCCCCC(O)CC(=O)NC(CO)C(O)/C=C/CCCCCCCCCCCCCCCC. The quantitative estimate of drug-likeness (QED) is 0.0393. The van der Waals surface area contributed by atoms with Crippen LogP contribution < -0.4 is 5.32 Å². The number of aliphatic hydroxyl groups is 3. The molecule has 0 saturated heterocycles. The Morgan fingerprint density at radius 1 is 0.532 bits per heavy atom. The molecule has 0 aliphatic rings. The Hall–Kier alpha value is -1.17. The molecule has 0 aliphatic carbocycles. The molecule has 4 N–H and O–H groups in total. The predicted octanol–water partition coefficient (Wildman–Crippen LogP) is 11.4. The number of hydrogen-bond donors (Lipinski definition) is 4. The summed E-state index contributed by atoms with van der Waals surface area (Å²) in [5.74, 6) is -0.324. The number of aliphatic hydroxyl groups excluding tert-OH is 3. The van der Waals surface area contributed by atoms with E-state index >= 15 is 0 Å². The Morgan fingerprint density at radius 2 is 0.894 bits per heavy atom. The first-order chi connectivity index (χ1) is 23.0. The number of carbonyl (C=O) groups is 1. The summed E-state index contributed by atoms with van der Waals surface area (Å²) < 4.78 is 0. The van der Waals surface area contributed by atoms with Gasteiger partial charge in [-0.15, -0.1) is 0 Å². The van der Waals surface area contributed by atoms with Gasteiger partial charge in [-0.05, 0) is 44.9 Å². The fourth-order valence-corrected chi connectivity index (χ4v) is 6.27. The molecular formula is C42H81NO4. The lowest BCUT2D eigenvalue weighted by Gasteiger charge is -2.21. The summed E-state index contributed by atoms with van der Waals surface area (Å²) >= 11 is 0. The number of amides is 1. The molecule has 0 radical (unpaired) electrons. The zero-order valence-corrected chi connectivity index (χ0v) is 31.4. The molecule has 0 rings (SSSR count). The monoisotopic (exact) mass is 664 g/mol. The van der Waals surface area contributed by atoms with Crippen molar-refractivity contribution in [3.8, 4) is 0 Å². The second kappa shape index (κ2) is 37.6. The molecule has 3 unspecified atom stereocenters. The van der Waals surface area contributed by atoms with Gasteiger partial charge in [0.05, 0.1) is 31.3 Å². The highest BCUT2D eigenvalue weighted by atomic mass is 16.3. The number of hydrogen-bond acceptors (Lipinski definition) is 4. The highest BCUT2D eigenvalue weighted by molar-refractivity contribution is 5.76. The molecule has 0 aromatic heterocycles. The van der Waals surface area contributed by atoms with Crippen LogP contribution in [0.15, 0.2) is 24.3 Å². The standard InChI is InChI=1S/C42H81NO4/c1-3-5-7-9-11-13-15-17-19-21-23-25-27-29-31-33-35-39(45)37-42(47)43-40(38-44)41(46)36-34-32-30-28-26-24-22-20-18-16-14-12-10-8-6-4-2/h23,25,34,36,39-41,44-46H,3-22,24,26-33,35,37-38H2,1-2H3,(H,43,47)/b25-23-,36-34+. The van der Waals surface area contributed by atoms with E-state index in [1.54, 1.807) is 6.08 Å². The fourth-order valence-electron chi connectivity index (χ4n) is 6.27. The Kier molecular flexibility index (Phi) is 36.7. The summed E-state index contributed by atoms with van der Waals surface area (Å²) in [6, 6.07) is -0.746. The van der Waals surface area contributed by atoms with Crippen molar-refractivity contribution in [1.29, 1.82) is 0 Å². The molecule has 0 bridgehead atoms.